The molecule has 2 rings (SSSR count). The third-order valence-electron chi connectivity index (χ3n) is 2.17. The average Bonchev–Trinajstić information content (AvgIpc) is 2.30. The molecule has 0 amide bonds. The lowest BCUT2D eigenvalue weighted by molar-refractivity contribution is 0.399. The molecule has 6 heteroatoms. The van der Waals surface area contributed by atoms with Crippen molar-refractivity contribution in [2.45, 2.75) is 0 Å². The van der Waals surface area contributed by atoms with Crippen LogP contribution in [0.15, 0.2) is 24.4 Å². The van der Waals surface area contributed by atoms with E-state index in [1.54, 1.807) is 0 Å². The highest BCUT2D eigenvalue weighted by atomic mass is 19.1. The van der Waals surface area contributed by atoms with Crippen molar-refractivity contribution in [2.75, 3.05) is 12.8 Å². The zero-order valence-electron chi connectivity index (χ0n) is 8.95. The first kappa shape index (κ1) is 11.3. The maximum atomic E-state index is 13.5. The molecule has 0 saturated carbocycles. The normalized spacial score (nSPS) is 10.3. The Morgan fingerprint density at radius 3 is 2.71 bits per heavy atom. The number of rotatable bonds is 2. The Labute approximate surface area is 96.1 Å². The smallest absolute Gasteiger partial charge is 0.257 e. The van der Waals surface area contributed by atoms with Gasteiger partial charge in [0.2, 0.25) is 0 Å². The summed E-state index contributed by atoms with van der Waals surface area (Å²) in [6.07, 6.45) is 1.30. The summed E-state index contributed by atoms with van der Waals surface area (Å²) in [7, 11) is 1.38. The van der Waals surface area contributed by atoms with E-state index in [0.717, 1.165) is 12.1 Å². The third kappa shape index (κ3) is 2.15. The van der Waals surface area contributed by atoms with Crippen molar-refractivity contribution in [3.05, 3.63) is 36.0 Å². The molecule has 1 aromatic heterocycles. The number of ether oxygens (including phenoxy) is 1. The van der Waals surface area contributed by atoms with E-state index in [1.807, 2.05) is 0 Å². The number of nitrogen functional groups attached to an aromatic ring is 1. The van der Waals surface area contributed by atoms with Crippen LogP contribution in [0.2, 0.25) is 0 Å². The van der Waals surface area contributed by atoms with Crippen LogP contribution >= 0.6 is 0 Å². The highest BCUT2D eigenvalue weighted by Crippen LogP contribution is 2.24. The van der Waals surface area contributed by atoms with Crippen LogP contribution in [-0.4, -0.2) is 17.1 Å². The van der Waals surface area contributed by atoms with Gasteiger partial charge in [-0.05, 0) is 12.1 Å². The maximum Gasteiger partial charge on any atom is 0.257 e. The lowest BCUT2D eigenvalue weighted by Crippen LogP contribution is -2.00. The molecule has 0 aliphatic carbocycles. The summed E-state index contributed by atoms with van der Waals surface area (Å²) in [5.41, 5.74) is 5.85. The lowest BCUT2D eigenvalue weighted by Gasteiger charge is -2.06. The van der Waals surface area contributed by atoms with Gasteiger partial charge < -0.3 is 10.5 Å². The number of hydrogen-bond donors (Lipinski definition) is 1. The van der Waals surface area contributed by atoms with Crippen molar-refractivity contribution < 1.29 is 13.5 Å². The summed E-state index contributed by atoms with van der Waals surface area (Å²) < 4.78 is 31.1. The van der Waals surface area contributed by atoms with Gasteiger partial charge in [0, 0.05) is 11.6 Å². The highest BCUT2D eigenvalue weighted by Gasteiger charge is 2.11. The SMILES string of the molecule is COc1nc(-c2ccc(F)cc2F)cnc1N. The molecule has 88 valence electrons. The number of hydrogen-bond acceptors (Lipinski definition) is 4. The summed E-state index contributed by atoms with van der Waals surface area (Å²) >= 11 is 0. The fourth-order valence-electron chi connectivity index (χ4n) is 1.36. The largest absolute Gasteiger partial charge is 0.478 e. The van der Waals surface area contributed by atoms with Crippen LogP contribution < -0.4 is 10.5 Å². The molecule has 0 bridgehead atoms. The average molecular weight is 237 g/mol. The monoisotopic (exact) mass is 237 g/mol. The minimum absolute atomic E-state index is 0.103. The number of methoxy groups -OCH3 is 1. The molecular formula is C11H9F2N3O. The summed E-state index contributed by atoms with van der Waals surface area (Å²) in [6, 6.07) is 3.20. The lowest BCUT2D eigenvalue weighted by atomic mass is 10.1. The van der Waals surface area contributed by atoms with E-state index in [9.17, 15) is 8.78 Å². The van der Waals surface area contributed by atoms with E-state index in [-0.39, 0.29) is 23.0 Å². The van der Waals surface area contributed by atoms with Crippen LogP contribution in [-0.2, 0) is 0 Å². The zero-order valence-corrected chi connectivity index (χ0v) is 8.95. The number of aromatic nitrogens is 2. The Morgan fingerprint density at radius 1 is 1.29 bits per heavy atom. The molecule has 0 unspecified atom stereocenters. The van der Waals surface area contributed by atoms with Crippen LogP contribution in [0.25, 0.3) is 11.3 Å². The zero-order chi connectivity index (χ0) is 12.4. The Kier molecular flexibility index (Phi) is 2.86. The number of nitrogens with two attached hydrogens (primary N) is 1. The summed E-state index contributed by atoms with van der Waals surface area (Å²) in [6.45, 7) is 0. The van der Waals surface area contributed by atoms with Crippen molar-refractivity contribution >= 4 is 5.82 Å². The fourth-order valence-corrected chi connectivity index (χ4v) is 1.36. The molecule has 0 fully saturated rings. The second-order valence-electron chi connectivity index (χ2n) is 3.27. The molecule has 0 aliphatic rings. The van der Waals surface area contributed by atoms with Crippen LogP contribution in [0, 0.1) is 11.6 Å². The standard InChI is InChI=1S/C11H9F2N3O/c1-17-11-10(14)15-5-9(16-11)7-3-2-6(12)4-8(7)13/h2-5H,1H3,(H2,14,15). The molecule has 1 heterocycles. The van der Waals surface area contributed by atoms with Gasteiger partial charge in [-0.25, -0.2) is 18.7 Å². The van der Waals surface area contributed by atoms with Gasteiger partial charge in [-0.2, -0.15) is 0 Å². The molecular weight excluding hydrogens is 228 g/mol. The van der Waals surface area contributed by atoms with Gasteiger partial charge in [0.15, 0.2) is 5.82 Å². The molecule has 0 spiro atoms. The van der Waals surface area contributed by atoms with E-state index in [4.69, 9.17) is 10.5 Å². The van der Waals surface area contributed by atoms with Crippen molar-refractivity contribution in [2.24, 2.45) is 0 Å². The summed E-state index contributed by atoms with van der Waals surface area (Å²) in [4.78, 5) is 7.80. The first-order valence-electron chi connectivity index (χ1n) is 4.73. The van der Waals surface area contributed by atoms with Crippen molar-refractivity contribution in [3.63, 3.8) is 0 Å². The first-order valence-corrected chi connectivity index (χ1v) is 4.73. The number of anilines is 1. The Balaban J connectivity index is 2.53. The Bertz CT molecular complexity index is 560. The minimum atomic E-state index is -0.717. The maximum absolute atomic E-state index is 13.5. The van der Waals surface area contributed by atoms with Crippen LogP contribution in [0.3, 0.4) is 0 Å². The second kappa shape index (κ2) is 4.32. The minimum Gasteiger partial charge on any atom is -0.478 e. The quantitative estimate of drug-likeness (QED) is 0.867. The topological polar surface area (TPSA) is 61.0 Å². The van der Waals surface area contributed by atoms with Crippen LogP contribution in [0.4, 0.5) is 14.6 Å². The highest BCUT2D eigenvalue weighted by molar-refractivity contribution is 5.61. The predicted octanol–water partition coefficient (Wildman–Crippen LogP) is 2.01. The van der Waals surface area contributed by atoms with Gasteiger partial charge in [0.05, 0.1) is 19.0 Å². The van der Waals surface area contributed by atoms with E-state index in [1.165, 1.54) is 19.4 Å². The third-order valence-corrected chi connectivity index (χ3v) is 2.17. The molecule has 0 aliphatic heterocycles. The van der Waals surface area contributed by atoms with Crippen molar-refractivity contribution in [3.8, 4) is 17.1 Å². The van der Waals surface area contributed by atoms with Crippen LogP contribution in [0.5, 0.6) is 5.88 Å². The van der Waals surface area contributed by atoms with Crippen molar-refractivity contribution in [1.29, 1.82) is 0 Å². The molecule has 4 nitrogen and oxygen atoms in total. The van der Waals surface area contributed by atoms with Gasteiger partial charge in [0.25, 0.3) is 5.88 Å². The van der Waals surface area contributed by atoms with Gasteiger partial charge in [0.1, 0.15) is 11.6 Å². The Hall–Kier alpha value is -2.24. The van der Waals surface area contributed by atoms with E-state index >= 15 is 0 Å². The van der Waals surface area contributed by atoms with Gasteiger partial charge >= 0.3 is 0 Å². The molecule has 0 radical (unpaired) electrons. The van der Waals surface area contributed by atoms with Gasteiger partial charge in [-0.1, -0.05) is 0 Å². The van der Waals surface area contributed by atoms with Crippen molar-refractivity contribution in [1.82, 2.24) is 9.97 Å². The number of nitrogens with zero attached hydrogens (tertiary/aromatic N) is 2. The first-order chi connectivity index (χ1) is 8.11. The molecule has 17 heavy (non-hydrogen) atoms. The van der Waals surface area contributed by atoms with Gasteiger partial charge in [-0.3, -0.25) is 0 Å². The molecule has 2 aromatic rings. The summed E-state index contributed by atoms with van der Waals surface area (Å²) in [5, 5.41) is 0. The Morgan fingerprint density at radius 2 is 2.06 bits per heavy atom. The predicted molar refractivity (Wildman–Crippen MR) is 58.3 cm³/mol. The second-order valence-corrected chi connectivity index (χ2v) is 3.27. The molecule has 0 saturated heterocycles. The van der Waals surface area contributed by atoms with E-state index in [0.29, 0.717) is 0 Å². The van der Waals surface area contributed by atoms with Crippen LogP contribution in [0.1, 0.15) is 0 Å². The van der Waals surface area contributed by atoms with Gasteiger partial charge in [-0.15, -0.1) is 0 Å². The van der Waals surface area contributed by atoms with E-state index in [2.05, 4.69) is 9.97 Å². The summed E-state index contributed by atoms with van der Waals surface area (Å²) in [5.74, 6) is -1.15. The van der Waals surface area contributed by atoms with E-state index < -0.39 is 11.6 Å². The molecule has 1 aromatic carbocycles. The fraction of sp³-hybridized carbons (Fsp3) is 0.0909. The number of benzene rings is 1. The molecule has 0 atom stereocenters. The molecule has 2 N–H and O–H groups in total. The number of halogens is 2.